The summed E-state index contributed by atoms with van der Waals surface area (Å²) < 4.78 is 20.0. The fraction of sp³-hybridized carbons (Fsp3) is 0.560. The fourth-order valence-corrected chi connectivity index (χ4v) is 10.7. The van der Waals surface area contributed by atoms with Gasteiger partial charge in [-0.2, -0.15) is 0 Å². The molecule has 0 amide bonds. The van der Waals surface area contributed by atoms with E-state index >= 15 is 0 Å². The lowest BCUT2D eigenvalue weighted by atomic mass is 10.2. The number of anilines is 2. The lowest BCUT2D eigenvalue weighted by Crippen LogP contribution is -2.49. The number of aromatic nitrogens is 2. The van der Waals surface area contributed by atoms with Gasteiger partial charge in [0, 0.05) is 26.4 Å². The van der Waals surface area contributed by atoms with E-state index in [-0.39, 0.29) is 11.9 Å². The van der Waals surface area contributed by atoms with Crippen molar-refractivity contribution in [1.82, 2.24) is 9.97 Å². The van der Waals surface area contributed by atoms with Gasteiger partial charge in [-0.05, 0) is 34.3 Å². The van der Waals surface area contributed by atoms with E-state index in [0.717, 1.165) is 22.8 Å². The standard InChI is InChI=1S/C25H38FN5OSi/c1-17(2)33(18(3)4,19(5)6)32-15-22-12-28-24-23(13-27-22)25(30-16-29-24)31(7)14-20-8-10-21(26)11-9-20/h8-11,13,16-19,22H,12,14-15H2,1-7H3,(H,28,29,30)/t22-/m0/s1. The highest BCUT2D eigenvalue weighted by atomic mass is 28.4. The third-order valence-electron chi connectivity index (χ3n) is 6.71. The van der Waals surface area contributed by atoms with E-state index in [1.165, 1.54) is 12.1 Å². The first-order chi connectivity index (χ1) is 15.6. The van der Waals surface area contributed by atoms with Crippen LogP contribution in [0.15, 0.2) is 35.6 Å². The van der Waals surface area contributed by atoms with Crippen molar-refractivity contribution >= 4 is 26.2 Å². The first kappa shape index (κ1) is 25.3. The molecule has 0 saturated heterocycles. The summed E-state index contributed by atoms with van der Waals surface area (Å²) in [6, 6.07) is 6.55. The summed E-state index contributed by atoms with van der Waals surface area (Å²) in [4.78, 5) is 15.9. The van der Waals surface area contributed by atoms with Crippen molar-refractivity contribution in [2.24, 2.45) is 4.99 Å². The minimum Gasteiger partial charge on any atom is -0.414 e. The number of halogens is 1. The predicted molar refractivity (Wildman–Crippen MR) is 137 cm³/mol. The molecule has 0 aliphatic carbocycles. The average molecular weight is 472 g/mol. The quantitative estimate of drug-likeness (QED) is 0.478. The zero-order valence-electron chi connectivity index (χ0n) is 21.0. The van der Waals surface area contributed by atoms with Crippen LogP contribution in [0.2, 0.25) is 16.6 Å². The Labute approximate surface area is 198 Å². The normalized spacial score (nSPS) is 16.2. The Hall–Kier alpha value is -2.32. The topological polar surface area (TPSA) is 62.6 Å². The molecule has 1 N–H and O–H groups in total. The number of nitrogens with one attached hydrogen (secondary N) is 1. The van der Waals surface area contributed by atoms with E-state index in [1.807, 2.05) is 18.2 Å². The Balaban J connectivity index is 1.76. The molecule has 0 radical (unpaired) electrons. The Morgan fingerprint density at radius 2 is 1.70 bits per heavy atom. The van der Waals surface area contributed by atoms with E-state index < -0.39 is 8.32 Å². The van der Waals surface area contributed by atoms with Crippen molar-refractivity contribution in [3.63, 3.8) is 0 Å². The summed E-state index contributed by atoms with van der Waals surface area (Å²) in [6.07, 6.45) is 3.45. The third-order valence-corrected chi connectivity index (χ3v) is 12.8. The van der Waals surface area contributed by atoms with Gasteiger partial charge in [-0.25, -0.2) is 14.4 Å². The van der Waals surface area contributed by atoms with Crippen molar-refractivity contribution in [2.75, 3.05) is 30.4 Å². The lowest BCUT2D eigenvalue weighted by Gasteiger charge is -2.42. The van der Waals surface area contributed by atoms with Gasteiger partial charge in [0.25, 0.3) is 0 Å². The molecule has 6 nitrogen and oxygen atoms in total. The fourth-order valence-electron chi connectivity index (χ4n) is 5.18. The molecule has 0 spiro atoms. The highest BCUT2D eigenvalue weighted by Crippen LogP contribution is 2.42. The summed E-state index contributed by atoms with van der Waals surface area (Å²) >= 11 is 0. The van der Waals surface area contributed by atoms with E-state index in [1.54, 1.807) is 18.5 Å². The van der Waals surface area contributed by atoms with Crippen LogP contribution in [0.1, 0.15) is 52.7 Å². The predicted octanol–water partition coefficient (Wildman–Crippen LogP) is 5.66. The summed E-state index contributed by atoms with van der Waals surface area (Å²) in [5.74, 6) is 1.33. The zero-order valence-corrected chi connectivity index (χ0v) is 22.0. The Bertz CT molecular complexity index is 927. The van der Waals surface area contributed by atoms with Gasteiger partial charge in [0.15, 0.2) is 8.32 Å². The minimum absolute atomic E-state index is 0.0116. The molecule has 3 rings (SSSR count). The molecular weight excluding hydrogens is 433 g/mol. The second kappa shape index (κ2) is 10.7. The van der Waals surface area contributed by atoms with Gasteiger partial charge in [-0.3, -0.25) is 4.99 Å². The average Bonchev–Trinajstić information content (AvgIpc) is 2.97. The van der Waals surface area contributed by atoms with Gasteiger partial charge in [0.2, 0.25) is 0 Å². The molecule has 1 aliphatic heterocycles. The van der Waals surface area contributed by atoms with Crippen molar-refractivity contribution in [2.45, 2.75) is 70.8 Å². The van der Waals surface area contributed by atoms with Gasteiger partial charge in [0.05, 0.1) is 18.2 Å². The van der Waals surface area contributed by atoms with Crippen LogP contribution in [-0.4, -0.2) is 50.7 Å². The molecule has 1 aromatic heterocycles. The van der Waals surface area contributed by atoms with Gasteiger partial charge in [-0.1, -0.05) is 53.7 Å². The Kier molecular flexibility index (Phi) is 8.23. The van der Waals surface area contributed by atoms with Gasteiger partial charge in [-0.15, -0.1) is 0 Å². The van der Waals surface area contributed by atoms with Crippen LogP contribution in [0, 0.1) is 5.82 Å². The maximum absolute atomic E-state index is 13.3. The lowest BCUT2D eigenvalue weighted by molar-refractivity contribution is 0.259. The summed E-state index contributed by atoms with van der Waals surface area (Å²) in [7, 11) is 0.0229. The van der Waals surface area contributed by atoms with Gasteiger partial charge >= 0.3 is 0 Å². The summed E-state index contributed by atoms with van der Waals surface area (Å²) in [5, 5.41) is 3.45. The summed E-state index contributed by atoms with van der Waals surface area (Å²) in [6.45, 7) is 15.7. The maximum atomic E-state index is 13.3. The number of rotatable bonds is 9. The number of benzene rings is 1. The maximum Gasteiger partial charge on any atom is 0.200 e. The molecule has 0 fully saturated rings. The van der Waals surface area contributed by atoms with E-state index in [4.69, 9.17) is 9.42 Å². The van der Waals surface area contributed by atoms with Crippen LogP contribution in [0.25, 0.3) is 0 Å². The molecule has 8 heteroatoms. The second-order valence-corrected chi connectivity index (χ2v) is 15.3. The highest BCUT2D eigenvalue weighted by molar-refractivity contribution is 6.77. The molecular formula is C25H38FN5OSi. The van der Waals surface area contributed by atoms with Crippen LogP contribution in [-0.2, 0) is 11.0 Å². The van der Waals surface area contributed by atoms with Crippen molar-refractivity contribution in [1.29, 1.82) is 0 Å². The number of hydrogen-bond donors (Lipinski definition) is 1. The molecule has 0 bridgehead atoms. The van der Waals surface area contributed by atoms with Crippen molar-refractivity contribution in [3.8, 4) is 0 Å². The van der Waals surface area contributed by atoms with Crippen molar-refractivity contribution in [3.05, 3.63) is 47.5 Å². The van der Waals surface area contributed by atoms with Crippen LogP contribution in [0.3, 0.4) is 0 Å². The molecule has 33 heavy (non-hydrogen) atoms. The largest absolute Gasteiger partial charge is 0.414 e. The first-order valence-corrected chi connectivity index (χ1v) is 14.0. The highest BCUT2D eigenvalue weighted by Gasteiger charge is 2.45. The number of aliphatic imine (C=N–C) groups is 1. The Morgan fingerprint density at radius 3 is 2.30 bits per heavy atom. The van der Waals surface area contributed by atoms with Crippen LogP contribution >= 0.6 is 0 Å². The SMILES string of the molecule is CC(C)[Si](OC[C@@H]1CNc2ncnc(N(C)Cc3ccc(F)cc3)c2C=N1)(C(C)C)C(C)C. The van der Waals surface area contributed by atoms with E-state index in [2.05, 4.69) is 56.8 Å². The smallest absolute Gasteiger partial charge is 0.200 e. The van der Waals surface area contributed by atoms with E-state index in [0.29, 0.717) is 36.3 Å². The van der Waals surface area contributed by atoms with Crippen LogP contribution < -0.4 is 10.2 Å². The molecule has 1 aromatic carbocycles. The second-order valence-electron chi connectivity index (χ2n) is 9.88. The first-order valence-electron chi connectivity index (χ1n) is 11.9. The Morgan fingerprint density at radius 1 is 1.06 bits per heavy atom. The number of fused-ring (bicyclic) bond motifs is 1. The molecule has 0 saturated carbocycles. The zero-order chi connectivity index (χ0) is 24.2. The molecule has 2 aromatic rings. The molecule has 1 atom stereocenters. The van der Waals surface area contributed by atoms with Crippen LogP contribution in [0.4, 0.5) is 16.0 Å². The third kappa shape index (κ3) is 5.61. The van der Waals surface area contributed by atoms with Crippen LogP contribution in [0.5, 0.6) is 0 Å². The molecule has 180 valence electrons. The summed E-state index contributed by atoms with van der Waals surface area (Å²) in [5.41, 5.74) is 3.48. The number of hydrogen-bond acceptors (Lipinski definition) is 6. The van der Waals surface area contributed by atoms with Gasteiger partial charge < -0.3 is 14.6 Å². The molecule has 2 heterocycles. The monoisotopic (exact) mass is 471 g/mol. The van der Waals surface area contributed by atoms with Crippen molar-refractivity contribution < 1.29 is 8.82 Å². The van der Waals surface area contributed by atoms with E-state index in [9.17, 15) is 4.39 Å². The number of nitrogens with zero attached hydrogens (tertiary/aromatic N) is 4. The molecule has 1 aliphatic rings. The minimum atomic E-state index is -1.95. The van der Waals surface area contributed by atoms with Gasteiger partial charge in [0.1, 0.15) is 23.8 Å². The molecule has 0 unspecified atom stereocenters.